The summed E-state index contributed by atoms with van der Waals surface area (Å²) in [5.41, 5.74) is 0.793. The third kappa shape index (κ3) is 4.81. The molecule has 0 N–H and O–H groups in total. The van der Waals surface area contributed by atoms with E-state index in [-0.39, 0.29) is 34.9 Å². The molecule has 0 aliphatic carbocycles. The standard InChI is InChI=1S/C22H42O3Si/c1-12-14(3)20-16(5)19(23)17(6)21(24-20)15(4)18(13-2)25-26(10,11)22(7,8)9/h14-16,18,20H,12-13H2,1-11H3/t14-,15-,16+,18-,20-/m0/s1. The molecule has 0 spiro atoms. The van der Waals surface area contributed by atoms with Crippen molar-refractivity contribution in [1.82, 2.24) is 0 Å². The maximum atomic E-state index is 12.9. The van der Waals surface area contributed by atoms with Crippen molar-refractivity contribution in [1.29, 1.82) is 0 Å². The minimum atomic E-state index is -1.88. The number of Topliss-reactive ketones (excluding diaryl/α,β-unsaturated/α-hetero) is 1. The Morgan fingerprint density at radius 2 is 1.69 bits per heavy atom. The monoisotopic (exact) mass is 382 g/mol. The first kappa shape index (κ1) is 23.4. The second-order valence-electron chi connectivity index (χ2n) is 9.72. The number of carbonyl (C=O) groups is 1. The number of ketones is 1. The van der Waals surface area contributed by atoms with E-state index in [0.717, 1.165) is 24.2 Å². The average molecular weight is 383 g/mol. The van der Waals surface area contributed by atoms with Crippen molar-refractivity contribution in [3.63, 3.8) is 0 Å². The molecule has 4 heteroatoms. The van der Waals surface area contributed by atoms with Gasteiger partial charge in [0.2, 0.25) is 0 Å². The number of ether oxygens (including phenoxy) is 1. The van der Waals surface area contributed by atoms with Crippen LogP contribution in [0.25, 0.3) is 0 Å². The van der Waals surface area contributed by atoms with Crippen LogP contribution in [-0.4, -0.2) is 26.3 Å². The van der Waals surface area contributed by atoms with Crippen LogP contribution in [0.5, 0.6) is 0 Å². The predicted molar refractivity (Wildman–Crippen MR) is 113 cm³/mol. The molecule has 0 amide bonds. The van der Waals surface area contributed by atoms with Gasteiger partial charge in [0.25, 0.3) is 0 Å². The first-order valence-electron chi connectivity index (χ1n) is 10.4. The van der Waals surface area contributed by atoms with Gasteiger partial charge in [-0.2, -0.15) is 0 Å². The van der Waals surface area contributed by atoms with Crippen molar-refractivity contribution in [2.75, 3.05) is 0 Å². The molecule has 0 bridgehead atoms. The topological polar surface area (TPSA) is 35.5 Å². The summed E-state index contributed by atoms with van der Waals surface area (Å²) in [5.74, 6) is 1.50. The van der Waals surface area contributed by atoms with Gasteiger partial charge >= 0.3 is 0 Å². The van der Waals surface area contributed by atoms with Crippen molar-refractivity contribution in [3.8, 4) is 0 Å². The first-order valence-corrected chi connectivity index (χ1v) is 13.3. The van der Waals surface area contributed by atoms with Gasteiger partial charge in [-0.25, -0.2) is 0 Å². The highest BCUT2D eigenvalue weighted by Gasteiger charge is 2.43. The lowest BCUT2D eigenvalue weighted by molar-refractivity contribution is -0.128. The van der Waals surface area contributed by atoms with E-state index in [1.807, 2.05) is 13.8 Å². The zero-order chi connectivity index (χ0) is 20.4. The van der Waals surface area contributed by atoms with E-state index >= 15 is 0 Å². The van der Waals surface area contributed by atoms with Crippen LogP contribution >= 0.6 is 0 Å². The Kier molecular flexibility index (Phi) is 7.75. The summed E-state index contributed by atoms with van der Waals surface area (Å²) in [4.78, 5) is 12.9. The molecule has 1 aliphatic rings. The Labute approximate surface area is 163 Å². The molecule has 0 saturated carbocycles. The second kappa shape index (κ2) is 8.60. The van der Waals surface area contributed by atoms with E-state index in [1.165, 1.54) is 0 Å². The molecule has 0 saturated heterocycles. The van der Waals surface area contributed by atoms with Gasteiger partial charge in [0.1, 0.15) is 11.9 Å². The summed E-state index contributed by atoms with van der Waals surface area (Å²) in [7, 11) is -1.88. The number of rotatable bonds is 7. The number of carbonyl (C=O) groups excluding carboxylic acids is 1. The smallest absolute Gasteiger partial charge is 0.192 e. The van der Waals surface area contributed by atoms with Crippen LogP contribution in [0.3, 0.4) is 0 Å². The lowest BCUT2D eigenvalue weighted by Gasteiger charge is -2.43. The number of allylic oxidation sites excluding steroid dienone is 1. The molecule has 26 heavy (non-hydrogen) atoms. The van der Waals surface area contributed by atoms with Crippen LogP contribution in [0.4, 0.5) is 0 Å². The minimum Gasteiger partial charge on any atom is -0.493 e. The summed E-state index contributed by atoms with van der Waals surface area (Å²) >= 11 is 0. The van der Waals surface area contributed by atoms with Crippen LogP contribution in [-0.2, 0) is 14.0 Å². The van der Waals surface area contributed by atoms with Crippen LogP contribution in [0, 0.1) is 17.8 Å². The number of hydrogen-bond acceptors (Lipinski definition) is 3. The molecular weight excluding hydrogens is 340 g/mol. The van der Waals surface area contributed by atoms with Crippen LogP contribution in [0.15, 0.2) is 11.3 Å². The fourth-order valence-electron chi connectivity index (χ4n) is 3.50. The van der Waals surface area contributed by atoms with Crippen molar-refractivity contribution >= 4 is 14.1 Å². The first-order chi connectivity index (χ1) is 11.8. The van der Waals surface area contributed by atoms with E-state index in [9.17, 15) is 4.79 Å². The van der Waals surface area contributed by atoms with Crippen molar-refractivity contribution < 1.29 is 14.0 Å². The zero-order valence-corrected chi connectivity index (χ0v) is 20.0. The minimum absolute atomic E-state index is 0.0287. The van der Waals surface area contributed by atoms with Gasteiger partial charge in [0.15, 0.2) is 14.1 Å². The highest BCUT2D eigenvalue weighted by molar-refractivity contribution is 6.74. The second-order valence-corrected chi connectivity index (χ2v) is 14.5. The van der Waals surface area contributed by atoms with Crippen LogP contribution in [0.1, 0.15) is 75.2 Å². The fraction of sp³-hybridized carbons (Fsp3) is 0.864. The van der Waals surface area contributed by atoms with E-state index in [2.05, 4.69) is 61.6 Å². The predicted octanol–water partition coefficient (Wildman–Crippen LogP) is 6.35. The van der Waals surface area contributed by atoms with E-state index in [4.69, 9.17) is 9.16 Å². The largest absolute Gasteiger partial charge is 0.493 e. The van der Waals surface area contributed by atoms with Crippen molar-refractivity contribution in [2.45, 2.75) is 105 Å². The molecule has 1 heterocycles. The molecule has 0 aromatic carbocycles. The van der Waals surface area contributed by atoms with E-state index < -0.39 is 8.32 Å². The lowest BCUT2D eigenvalue weighted by atomic mass is 9.82. The van der Waals surface area contributed by atoms with Crippen molar-refractivity contribution in [2.24, 2.45) is 17.8 Å². The van der Waals surface area contributed by atoms with E-state index in [0.29, 0.717) is 5.92 Å². The lowest BCUT2D eigenvalue weighted by Crippen LogP contribution is -2.47. The Balaban J connectivity index is 3.15. The molecule has 0 aromatic rings. The molecule has 0 aromatic heterocycles. The van der Waals surface area contributed by atoms with Gasteiger partial charge in [-0.15, -0.1) is 0 Å². The molecule has 1 aliphatic heterocycles. The fourth-order valence-corrected chi connectivity index (χ4v) is 4.98. The Bertz CT molecular complexity index is 530. The van der Waals surface area contributed by atoms with Crippen LogP contribution in [0.2, 0.25) is 18.1 Å². The van der Waals surface area contributed by atoms with Crippen molar-refractivity contribution in [3.05, 3.63) is 11.3 Å². The summed E-state index contributed by atoms with van der Waals surface area (Å²) in [6, 6.07) is 0. The molecule has 0 unspecified atom stereocenters. The molecule has 0 fully saturated rings. The van der Waals surface area contributed by atoms with E-state index in [1.54, 1.807) is 0 Å². The molecule has 5 atom stereocenters. The maximum Gasteiger partial charge on any atom is 0.192 e. The summed E-state index contributed by atoms with van der Waals surface area (Å²) in [5, 5.41) is 0.167. The van der Waals surface area contributed by atoms with Gasteiger partial charge in [0, 0.05) is 11.5 Å². The highest BCUT2D eigenvalue weighted by Crippen LogP contribution is 2.41. The quantitative estimate of drug-likeness (QED) is 0.481. The Hall–Kier alpha value is -0.613. The Morgan fingerprint density at radius 3 is 2.12 bits per heavy atom. The molecular formula is C22H42O3Si. The van der Waals surface area contributed by atoms with Gasteiger partial charge in [-0.1, -0.05) is 61.8 Å². The summed E-state index contributed by atoms with van der Waals surface area (Å²) in [6.45, 7) is 24.0. The zero-order valence-electron chi connectivity index (χ0n) is 19.0. The van der Waals surface area contributed by atoms with Gasteiger partial charge in [-0.05, 0) is 37.4 Å². The van der Waals surface area contributed by atoms with Crippen LogP contribution < -0.4 is 0 Å². The van der Waals surface area contributed by atoms with Gasteiger partial charge in [-0.3, -0.25) is 4.79 Å². The molecule has 3 nitrogen and oxygen atoms in total. The molecule has 0 radical (unpaired) electrons. The summed E-state index contributed by atoms with van der Waals surface area (Å²) in [6.07, 6.45) is 1.99. The highest BCUT2D eigenvalue weighted by atomic mass is 28.4. The average Bonchev–Trinajstić information content (AvgIpc) is 2.55. The molecule has 1 rings (SSSR count). The summed E-state index contributed by atoms with van der Waals surface area (Å²) < 4.78 is 13.2. The third-order valence-corrected chi connectivity index (χ3v) is 11.2. The normalized spacial score (nSPS) is 25.7. The molecule has 152 valence electrons. The maximum absolute atomic E-state index is 12.9. The Morgan fingerprint density at radius 1 is 1.15 bits per heavy atom. The third-order valence-electron chi connectivity index (χ3n) is 6.74. The number of hydrogen-bond donors (Lipinski definition) is 0. The van der Waals surface area contributed by atoms with Gasteiger partial charge in [0.05, 0.1) is 12.0 Å². The van der Waals surface area contributed by atoms with Gasteiger partial charge < -0.3 is 9.16 Å². The SMILES string of the molecule is CC[C@H](O[Si](C)(C)C(C)(C)C)[C@H](C)C1=C(C)C(=O)[C@@H](C)[C@H]([C@@H](C)CC)O1.